The van der Waals surface area contributed by atoms with E-state index in [0.717, 1.165) is 11.3 Å². The highest BCUT2D eigenvalue weighted by atomic mass is 16.6. The van der Waals surface area contributed by atoms with Crippen molar-refractivity contribution in [3.05, 3.63) is 64.7 Å². The second-order valence-electron chi connectivity index (χ2n) is 4.63. The standard InChI is InChI=1S/C16H13N3O2/c1-17-12-8-6-11(7-9-12)15-10-16(19(20)21)13-4-2-3-5-14(13)18-15/h2-10,17H,1H3. The molecule has 0 radical (unpaired) electrons. The molecule has 2 aromatic carbocycles. The van der Waals surface area contributed by atoms with Crippen molar-refractivity contribution in [2.45, 2.75) is 0 Å². The number of hydrogen-bond acceptors (Lipinski definition) is 4. The number of rotatable bonds is 3. The van der Waals surface area contributed by atoms with E-state index >= 15 is 0 Å². The van der Waals surface area contributed by atoms with E-state index in [1.54, 1.807) is 18.2 Å². The lowest BCUT2D eigenvalue weighted by Gasteiger charge is -2.06. The number of pyridine rings is 1. The summed E-state index contributed by atoms with van der Waals surface area (Å²) in [6, 6.07) is 16.2. The summed E-state index contributed by atoms with van der Waals surface area (Å²) in [5.41, 5.74) is 3.13. The SMILES string of the molecule is CNc1ccc(-c2cc([N+](=O)[O-])c3ccccc3n2)cc1. The van der Waals surface area contributed by atoms with Crippen LogP contribution in [-0.2, 0) is 0 Å². The Labute approximate surface area is 121 Å². The van der Waals surface area contributed by atoms with Crippen molar-refractivity contribution < 1.29 is 4.92 Å². The molecule has 0 aliphatic rings. The number of aromatic nitrogens is 1. The zero-order chi connectivity index (χ0) is 14.8. The van der Waals surface area contributed by atoms with E-state index in [2.05, 4.69) is 10.3 Å². The Morgan fingerprint density at radius 1 is 1.10 bits per heavy atom. The number of fused-ring (bicyclic) bond motifs is 1. The molecule has 1 aromatic heterocycles. The van der Waals surface area contributed by atoms with Gasteiger partial charge in [0.25, 0.3) is 5.69 Å². The van der Waals surface area contributed by atoms with Gasteiger partial charge in [-0.05, 0) is 24.3 Å². The summed E-state index contributed by atoms with van der Waals surface area (Å²) < 4.78 is 0. The number of nitrogens with zero attached hydrogens (tertiary/aromatic N) is 2. The summed E-state index contributed by atoms with van der Waals surface area (Å²) in [5, 5.41) is 14.9. The van der Waals surface area contributed by atoms with Crippen molar-refractivity contribution in [3.8, 4) is 11.3 Å². The monoisotopic (exact) mass is 279 g/mol. The molecule has 0 amide bonds. The minimum Gasteiger partial charge on any atom is -0.388 e. The van der Waals surface area contributed by atoms with Crippen molar-refractivity contribution in [1.82, 2.24) is 4.98 Å². The molecule has 0 fully saturated rings. The molecule has 1 heterocycles. The maximum Gasteiger partial charge on any atom is 0.280 e. The maximum absolute atomic E-state index is 11.3. The van der Waals surface area contributed by atoms with Crippen molar-refractivity contribution in [1.29, 1.82) is 0 Å². The first kappa shape index (κ1) is 13.1. The van der Waals surface area contributed by atoms with Crippen LogP contribution in [0, 0.1) is 10.1 Å². The molecule has 0 atom stereocenters. The van der Waals surface area contributed by atoms with Crippen LogP contribution in [0.3, 0.4) is 0 Å². The molecule has 0 spiro atoms. The highest BCUT2D eigenvalue weighted by molar-refractivity contribution is 5.90. The zero-order valence-electron chi connectivity index (χ0n) is 11.4. The lowest BCUT2D eigenvalue weighted by molar-refractivity contribution is -0.383. The first-order chi connectivity index (χ1) is 10.2. The molecular weight excluding hydrogens is 266 g/mol. The second-order valence-corrected chi connectivity index (χ2v) is 4.63. The van der Waals surface area contributed by atoms with Gasteiger partial charge in [0, 0.05) is 24.4 Å². The molecule has 0 unspecified atom stereocenters. The third-order valence-corrected chi connectivity index (χ3v) is 3.36. The van der Waals surface area contributed by atoms with Crippen molar-refractivity contribution in [2.24, 2.45) is 0 Å². The predicted octanol–water partition coefficient (Wildman–Crippen LogP) is 3.85. The molecule has 0 saturated heterocycles. The molecule has 1 N–H and O–H groups in total. The molecule has 3 rings (SSSR count). The Bertz CT molecular complexity index is 813. The Kier molecular flexibility index (Phi) is 3.23. The van der Waals surface area contributed by atoms with Crippen LogP contribution < -0.4 is 5.32 Å². The van der Waals surface area contributed by atoms with Crippen LogP contribution in [0.1, 0.15) is 0 Å². The molecule has 0 saturated carbocycles. The first-order valence-corrected chi connectivity index (χ1v) is 6.51. The van der Waals surface area contributed by atoms with Crippen LogP contribution in [0.5, 0.6) is 0 Å². The summed E-state index contributed by atoms with van der Waals surface area (Å²) in [4.78, 5) is 15.4. The molecular formula is C16H13N3O2. The quantitative estimate of drug-likeness (QED) is 0.584. The van der Waals surface area contributed by atoms with E-state index in [9.17, 15) is 10.1 Å². The zero-order valence-corrected chi connectivity index (χ0v) is 11.4. The summed E-state index contributed by atoms with van der Waals surface area (Å²) >= 11 is 0. The fourth-order valence-corrected chi connectivity index (χ4v) is 2.26. The number of nitro groups is 1. The average Bonchev–Trinajstić information content (AvgIpc) is 2.53. The van der Waals surface area contributed by atoms with Crippen LogP contribution in [-0.4, -0.2) is 17.0 Å². The van der Waals surface area contributed by atoms with Gasteiger partial charge in [0.15, 0.2) is 0 Å². The van der Waals surface area contributed by atoms with E-state index in [1.165, 1.54) is 6.07 Å². The van der Waals surface area contributed by atoms with Gasteiger partial charge in [0.05, 0.1) is 21.5 Å². The van der Waals surface area contributed by atoms with Gasteiger partial charge in [0.2, 0.25) is 0 Å². The highest BCUT2D eigenvalue weighted by Gasteiger charge is 2.15. The Balaban J connectivity index is 2.20. The topological polar surface area (TPSA) is 68.1 Å². The van der Waals surface area contributed by atoms with Crippen LogP contribution in [0.4, 0.5) is 11.4 Å². The third kappa shape index (κ3) is 2.41. The Hall–Kier alpha value is -2.95. The minimum absolute atomic E-state index is 0.0771. The molecule has 0 bridgehead atoms. The van der Waals surface area contributed by atoms with Gasteiger partial charge in [-0.1, -0.05) is 24.3 Å². The summed E-state index contributed by atoms with van der Waals surface area (Å²) in [6.45, 7) is 0. The lowest BCUT2D eigenvalue weighted by atomic mass is 10.1. The highest BCUT2D eigenvalue weighted by Crippen LogP contribution is 2.30. The fourth-order valence-electron chi connectivity index (χ4n) is 2.26. The lowest BCUT2D eigenvalue weighted by Crippen LogP contribution is -1.94. The van der Waals surface area contributed by atoms with Crippen LogP contribution in [0.15, 0.2) is 54.6 Å². The minimum atomic E-state index is -0.366. The second kappa shape index (κ2) is 5.20. The predicted molar refractivity (Wildman–Crippen MR) is 83.4 cm³/mol. The molecule has 21 heavy (non-hydrogen) atoms. The van der Waals surface area contributed by atoms with E-state index < -0.39 is 0 Å². The third-order valence-electron chi connectivity index (χ3n) is 3.36. The average molecular weight is 279 g/mol. The van der Waals surface area contributed by atoms with Crippen LogP contribution in [0.25, 0.3) is 22.2 Å². The molecule has 104 valence electrons. The number of anilines is 1. The van der Waals surface area contributed by atoms with Crippen LogP contribution >= 0.6 is 0 Å². The maximum atomic E-state index is 11.3. The molecule has 0 aliphatic heterocycles. The van der Waals surface area contributed by atoms with E-state index in [1.807, 2.05) is 37.4 Å². The Morgan fingerprint density at radius 2 is 1.81 bits per heavy atom. The van der Waals surface area contributed by atoms with Gasteiger partial charge in [-0.2, -0.15) is 0 Å². The largest absolute Gasteiger partial charge is 0.388 e. The van der Waals surface area contributed by atoms with Gasteiger partial charge < -0.3 is 5.32 Å². The van der Waals surface area contributed by atoms with Crippen molar-refractivity contribution in [2.75, 3.05) is 12.4 Å². The number of nitrogens with one attached hydrogen (secondary N) is 1. The molecule has 0 aliphatic carbocycles. The molecule has 5 heteroatoms. The number of para-hydroxylation sites is 1. The van der Waals surface area contributed by atoms with E-state index in [4.69, 9.17) is 0 Å². The number of hydrogen-bond donors (Lipinski definition) is 1. The first-order valence-electron chi connectivity index (χ1n) is 6.51. The molecule has 3 aromatic rings. The number of benzene rings is 2. The van der Waals surface area contributed by atoms with Gasteiger partial charge in [-0.3, -0.25) is 10.1 Å². The smallest absolute Gasteiger partial charge is 0.280 e. The van der Waals surface area contributed by atoms with Crippen LogP contribution in [0.2, 0.25) is 0 Å². The summed E-state index contributed by atoms with van der Waals surface area (Å²) in [5.74, 6) is 0. The summed E-state index contributed by atoms with van der Waals surface area (Å²) in [6.07, 6.45) is 0. The van der Waals surface area contributed by atoms with Crippen molar-refractivity contribution >= 4 is 22.3 Å². The Morgan fingerprint density at radius 3 is 2.48 bits per heavy atom. The van der Waals surface area contributed by atoms with E-state index in [-0.39, 0.29) is 10.6 Å². The van der Waals surface area contributed by atoms with Gasteiger partial charge in [0.1, 0.15) is 0 Å². The fraction of sp³-hybridized carbons (Fsp3) is 0.0625. The van der Waals surface area contributed by atoms with Crippen molar-refractivity contribution in [3.63, 3.8) is 0 Å². The van der Waals surface area contributed by atoms with Gasteiger partial charge in [-0.25, -0.2) is 4.98 Å². The normalized spacial score (nSPS) is 10.5. The van der Waals surface area contributed by atoms with Gasteiger partial charge >= 0.3 is 0 Å². The van der Waals surface area contributed by atoms with E-state index in [0.29, 0.717) is 16.6 Å². The summed E-state index contributed by atoms with van der Waals surface area (Å²) in [7, 11) is 1.84. The molecule has 5 nitrogen and oxygen atoms in total. The van der Waals surface area contributed by atoms with Gasteiger partial charge in [-0.15, -0.1) is 0 Å².